The highest BCUT2D eigenvalue weighted by Gasteiger charge is 2.12. The molecule has 4 aromatic rings. The number of rotatable bonds is 5. The van der Waals surface area contributed by atoms with Crippen LogP contribution in [0.15, 0.2) is 60.7 Å². The molecule has 0 fully saturated rings. The number of ketones is 1. The monoisotopic (exact) mass is 387 g/mol. The van der Waals surface area contributed by atoms with Crippen molar-refractivity contribution in [3.05, 3.63) is 81.7 Å². The van der Waals surface area contributed by atoms with Crippen LogP contribution < -0.4 is 5.32 Å². The van der Waals surface area contributed by atoms with Gasteiger partial charge in [-0.25, -0.2) is 0 Å². The predicted molar refractivity (Wildman–Crippen MR) is 114 cm³/mol. The molecule has 0 aliphatic carbocycles. The van der Waals surface area contributed by atoms with Crippen molar-refractivity contribution < 1.29 is 9.59 Å². The Bertz CT molecular complexity index is 1200. The maximum absolute atomic E-state index is 12.6. The number of para-hydroxylation sites is 2. The molecule has 0 saturated heterocycles. The first-order chi connectivity index (χ1) is 13.6. The van der Waals surface area contributed by atoms with Gasteiger partial charge in [0.1, 0.15) is 0 Å². The van der Waals surface area contributed by atoms with Gasteiger partial charge in [0, 0.05) is 11.1 Å². The Morgan fingerprint density at radius 3 is 2.54 bits per heavy atom. The summed E-state index contributed by atoms with van der Waals surface area (Å²) in [5.41, 5.74) is 3.37. The van der Waals surface area contributed by atoms with Gasteiger partial charge in [0.25, 0.3) is 5.91 Å². The topological polar surface area (TPSA) is 74.8 Å². The molecule has 2 heterocycles. The Morgan fingerprint density at radius 1 is 0.964 bits per heavy atom. The van der Waals surface area contributed by atoms with E-state index in [1.54, 1.807) is 12.1 Å². The fourth-order valence-electron chi connectivity index (χ4n) is 2.87. The number of hydrogen-bond donors (Lipinski definition) is 2. The Morgan fingerprint density at radius 2 is 1.71 bits per heavy atom. The number of Topliss-reactive ketones (excluding diaryl/α,β-unsaturated/α-hetero) is 1. The fraction of sp³-hybridized carbons (Fsp3) is 0.0455. The first kappa shape index (κ1) is 17.9. The van der Waals surface area contributed by atoms with Gasteiger partial charge in [-0.2, -0.15) is 5.10 Å². The van der Waals surface area contributed by atoms with E-state index in [0.29, 0.717) is 15.4 Å². The van der Waals surface area contributed by atoms with Crippen molar-refractivity contribution in [2.75, 3.05) is 5.32 Å². The average Bonchev–Trinajstić information content (AvgIpc) is 3.35. The average molecular weight is 387 g/mol. The van der Waals surface area contributed by atoms with Crippen molar-refractivity contribution in [2.45, 2.75) is 6.92 Å². The molecule has 0 saturated carbocycles. The summed E-state index contributed by atoms with van der Waals surface area (Å²) in [4.78, 5) is 25.1. The zero-order valence-corrected chi connectivity index (χ0v) is 15.9. The second-order valence-corrected chi connectivity index (χ2v) is 7.33. The van der Waals surface area contributed by atoms with Gasteiger partial charge in [-0.3, -0.25) is 14.7 Å². The van der Waals surface area contributed by atoms with Gasteiger partial charge in [0.2, 0.25) is 0 Å². The SMILES string of the molecule is CC(=O)c1ccc(C(=O)Nc2ccccc2C=Cc2n[nH]c3ccccc23)s1. The van der Waals surface area contributed by atoms with Gasteiger partial charge in [-0.05, 0) is 42.8 Å². The number of carbonyl (C=O) groups is 2. The predicted octanol–water partition coefficient (Wildman–Crippen LogP) is 5.25. The molecule has 0 spiro atoms. The minimum atomic E-state index is -0.233. The number of nitrogens with zero attached hydrogens (tertiary/aromatic N) is 1. The molecule has 2 N–H and O–H groups in total. The van der Waals surface area contributed by atoms with Gasteiger partial charge in [-0.1, -0.05) is 42.5 Å². The summed E-state index contributed by atoms with van der Waals surface area (Å²) in [7, 11) is 0. The van der Waals surface area contributed by atoms with Crippen molar-refractivity contribution in [3.63, 3.8) is 0 Å². The molecule has 0 unspecified atom stereocenters. The third-order valence-corrected chi connectivity index (χ3v) is 5.49. The van der Waals surface area contributed by atoms with Crippen LogP contribution >= 0.6 is 11.3 Å². The number of anilines is 1. The van der Waals surface area contributed by atoms with E-state index in [2.05, 4.69) is 15.5 Å². The summed E-state index contributed by atoms with van der Waals surface area (Å²) in [5, 5.41) is 11.3. The van der Waals surface area contributed by atoms with Crippen molar-refractivity contribution in [3.8, 4) is 0 Å². The zero-order chi connectivity index (χ0) is 19.5. The quantitative estimate of drug-likeness (QED) is 0.459. The Labute approximate surface area is 165 Å². The molecule has 0 bridgehead atoms. The molecule has 2 aromatic heterocycles. The minimum Gasteiger partial charge on any atom is -0.321 e. The summed E-state index contributed by atoms with van der Waals surface area (Å²) in [6.45, 7) is 1.49. The number of nitrogens with one attached hydrogen (secondary N) is 2. The molecule has 4 rings (SSSR count). The van der Waals surface area contributed by atoms with Crippen LogP contribution in [0.3, 0.4) is 0 Å². The normalized spacial score (nSPS) is 11.2. The van der Waals surface area contributed by atoms with Gasteiger partial charge in [-0.15, -0.1) is 11.3 Å². The second kappa shape index (κ2) is 7.62. The number of fused-ring (bicyclic) bond motifs is 1. The van der Waals surface area contributed by atoms with Crippen LogP contribution in [0.25, 0.3) is 23.1 Å². The number of hydrogen-bond acceptors (Lipinski definition) is 4. The molecule has 0 atom stereocenters. The number of aromatic nitrogens is 2. The number of aromatic amines is 1. The standard InChI is InChI=1S/C22H17N3O2S/c1-14(26)20-12-13-21(28-20)22(27)23-17-8-4-2-6-15(17)10-11-19-16-7-3-5-9-18(16)24-25-19/h2-13H,1H3,(H,23,27)(H,24,25). The highest BCUT2D eigenvalue weighted by atomic mass is 32.1. The third-order valence-electron chi connectivity index (χ3n) is 4.31. The van der Waals surface area contributed by atoms with Gasteiger partial charge >= 0.3 is 0 Å². The first-order valence-electron chi connectivity index (χ1n) is 8.74. The van der Waals surface area contributed by atoms with E-state index in [4.69, 9.17) is 0 Å². The van der Waals surface area contributed by atoms with E-state index in [9.17, 15) is 9.59 Å². The highest BCUT2D eigenvalue weighted by molar-refractivity contribution is 7.16. The lowest BCUT2D eigenvalue weighted by Gasteiger charge is -2.07. The summed E-state index contributed by atoms with van der Waals surface area (Å²) in [5.74, 6) is -0.276. The van der Waals surface area contributed by atoms with E-state index < -0.39 is 0 Å². The molecular formula is C22H17N3O2S. The number of carbonyl (C=O) groups excluding carboxylic acids is 2. The van der Waals surface area contributed by atoms with Crippen LogP contribution in [-0.4, -0.2) is 21.9 Å². The van der Waals surface area contributed by atoms with Crippen molar-refractivity contribution in [1.29, 1.82) is 0 Å². The molecule has 138 valence electrons. The van der Waals surface area contributed by atoms with Gasteiger partial charge in [0.05, 0.1) is 21.0 Å². The summed E-state index contributed by atoms with van der Waals surface area (Å²) in [6, 6.07) is 18.8. The maximum Gasteiger partial charge on any atom is 0.265 e. The van der Waals surface area contributed by atoms with Gasteiger partial charge in [0.15, 0.2) is 5.78 Å². The van der Waals surface area contributed by atoms with Crippen LogP contribution in [0.5, 0.6) is 0 Å². The molecule has 1 amide bonds. The van der Waals surface area contributed by atoms with Crippen molar-refractivity contribution >= 4 is 51.8 Å². The molecular weight excluding hydrogens is 370 g/mol. The molecule has 0 aliphatic heterocycles. The Balaban J connectivity index is 1.58. The zero-order valence-electron chi connectivity index (χ0n) is 15.1. The summed E-state index contributed by atoms with van der Waals surface area (Å²) >= 11 is 1.19. The van der Waals surface area contributed by atoms with Crippen molar-refractivity contribution in [1.82, 2.24) is 10.2 Å². The van der Waals surface area contributed by atoms with Crippen molar-refractivity contribution in [2.24, 2.45) is 0 Å². The van der Waals surface area contributed by atoms with Crippen LogP contribution in [-0.2, 0) is 0 Å². The van der Waals surface area contributed by atoms with E-state index in [1.807, 2.05) is 60.7 Å². The smallest absolute Gasteiger partial charge is 0.265 e. The highest BCUT2D eigenvalue weighted by Crippen LogP contribution is 2.23. The Hall–Kier alpha value is -3.51. The molecule has 28 heavy (non-hydrogen) atoms. The van der Waals surface area contributed by atoms with E-state index in [0.717, 1.165) is 22.2 Å². The fourth-order valence-corrected chi connectivity index (χ4v) is 3.67. The minimum absolute atomic E-state index is 0.0430. The summed E-state index contributed by atoms with van der Waals surface area (Å²) in [6.07, 6.45) is 3.84. The molecule has 2 aromatic carbocycles. The van der Waals surface area contributed by atoms with E-state index >= 15 is 0 Å². The molecule has 0 radical (unpaired) electrons. The lowest BCUT2D eigenvalue weighted by Crippen LogP contribution is -2.11. The van der Waals surface area contributed by atoms with Crippen LogP contribution in [0.1, 0.15) is 37.5 Å². The van der Waals surface area contributed by atoms with Crippen LogP contribution in [0.4, 0.5) is 5.69 Å². The largest absolute Gasteiger partial charge is 0.321 e. The van der Waals surface area contributed by atoms with Gasteiger partial charge < -0.3 is 5.32 Å². The third kappa shape index (κ3) is 3.63. The first-order valence-corrected chi connectivity index (χ1v) is 9.56. The lowest BCUT2D eigenvalue weighted by atomic mass is 10.1. The Kier molecular flexibility index (Phi) is 4.87. The van der Waals surface area contributed by atoms with E-state index in [1.165, 1.54) is 18.3 Å². The number of H-pyrrole nitrogens is 1. The summed E-state index contributed by atoms with van der Waals surface area (Å²) < 4.78 is 0. The molecule has 0 aliphatic rings. The number of thiophene rings is 1. The second-order valence-electron chi connectivity index (χ2n) is 6.25. The van der Waals surface area contributed by atoms with Crippen LogP contribution in [0.2, 0.25) is 0 Å². The number of benzene rings is 2. The van der Waals surface area contributed by atoms with E-state index in [-0.39, 0.29) is 11.7 Å². The maximum atomic E-state index is 12.6. The number of amides is 1. The van der Waals surface area contributed by atoms with Crippen LogP contribution in [0, 0.1) is 0 Å². The lowest BCUT2D eigenvalue weighted by molar-refractivity contribution is 0.101. The molecule has 6 heteroatoms. The molecule has 5 nitrogen and oxygen atoms in total.